The highest BCUT2D eigenvalue weighted by molar-refractivity contribution is 5.95. The fourth-order valence-corrected chi connectivity index (χ4v) is 4.16. The van der Waals surface area contributed by atoms with E-state index in [1.165, 1.54) is 12.1 Å². The molecule has 1 atom stereocenters. The number of likely N-dealkylation sites (tertiary alicyclic amines) is 1. The van der Waals surface area contributed by atoms with E-state index in [9.17, 15) is 9.18 Å². The van der Waals surface area contributed by atoms with Crippen molar-refractivity contribution in [3.63, 3.8) is 0 Å². The Balaban J connectivity index is 1.41. The van der Waals surface area contributed by atoms with Gasteiger partial charge in [-0.1, -0.05) is 24.3 Å². The van der Waals surface area contributed by atoms with Gasteiger partial charge >= 0.3 is 0 Å². The molecule has 0 bridgehead atoms. The molecule has 142 valence electrons. The maximum absolute atomic E-state index is 13.4. The van der Waals surface area contributed by atoms with Crippen LogP contribution >= 0.6 is 0 Å². The third kappa shape index (κ3) is 4.20. The summed E-state index contributed by atoms with van der Waals surface area (Å²) in [5, 5.41) is 3.06. The average molecular weight is 368 g/mol. The van der Waals surface area contributed by atoms with Gasteiger partial charge in [0.15, 0.2) is 0 Å². The molecule has 27 heavy (non-hydrogen) atoms. The Morgan fingerprint density at radius 2 is 1.81 bits per heavy atom. The molecule has 1 unspecified atom stereocenters. The van der Waals surface area contributed by atoms with Crippen LogP contribution in [0.15, 0.2) is 48.5 Å². The van der Waals surface area contributed by atoms with Crippen LogP contribution in [0.4, 0.5) is 10.1 Å². The van der Waals surface area contributed by atoms with Crippen molar-refractivity contribution in [2.24, 2.45) is 0 Å². The number of carbonyl (C=O) groups excluding carboxylic acids is 1. The number of halogens is 1. The number of nitrogens with zero attached hydrogens (tertiary/aromatic N) is 1. The molecule has 5 heteroatoms. The first-order valence-corrected chi connectivity index (χ1v) is 9.71. The second kappa shape index (κ2) is 8.19. The largest absolute Gasteiger partial charge is 0.381 e. The number of amides is 1. The monoisotopic (exact) mass is 368 g/mol. The summed E-state index contributed by atoms with van der Waals surface area (Å²) in [6.07, 6.45) is 3.98. The molecule has 4 rings (SSSR count). The first kappa shape index (κ1) is 18.1. The van der Waals surface area contributed by atoms with Crippen molar-refractivity contribution in [2.75, 3.05) is 25.1 Å². The number of nitrogens with one attached hydrogen (secondary N) is 1. The zero-order chi connectivity index (χ0) is 18.6. The number of anilines is 1. The van der Waals surface area contributed by atoms with E-state index in [0.29, 0.717) is 6.04 Å². The van der Waals surface area contributed by atoms with Gasteiger partial charge in [0.2, 0.25) is 5.91 Å². The highest BCUT2D eigenvalue weighted by Gasteiger charge is 2.35. The average Bonchev–Trinajstić information content (AvgIpc) is 3.19. The first-order chi connectivity index (χ1) is 13.2. The summed E-state index contributed by atoms with van der Waals surface area (Å²) in [7, 11) is 0. The molecule has 1 amide bonds. The van der Waals surface area contributed by atoms with Crippen LogP contribution in [0.25, 0.3) is 11.1 Å². The predicted octanol–water partition coefficient (Wildman–Crippen LogP) is 4.07. The summed E-state index contributed by atoms with van der Waals surface area (Å²) in [6.45, 7) is 2.56. The molecule has 2 aliphatic rings. The number of ether oxygens (including phenoxy) is 1. The molecule has 2 aromatic carbocycles. The Morgan fingerprint density at radius 1 is 1.04 bits per heavy atom. The van der Waals surface area contributed by atoms with Crippen molar-refractivity contribution >= 4 is 11.6 Å². The predicted molar refractivity (Wildman–Crippen MR) is 104 cm³/mol. The zero-order valence-corrected chi connectivity index (χ0v) is 15.4. The molecule has 0 aliphatic carbocycles. The summed E-state index contributed by atoms with van der Waals surface area (Å²) in [6, 6.07) is 14.5. The standard InChI is InChI=1S/C22H25FN2O2/c23-18-4-1-3-17(15-18)16-6-8-19(9-7-16)24-22(26)21-5-2-12-25(21)20-10-13-27-14-11-20/h1,3-4,6-9,15,20-21H,2,5,10-14H2,(H,24,26). The van der Waals surface area contributed by atoms with Crippen molar-refractivity contribution in [2.45, 2.75) is 37.8 Å². The molecule has 2 aliphatic heterocycles. The highest BCUT2D eigenvalue weighted by Crippen LogP contribution is 2.27. The SMILES string of the molecule is O=C(Nc1ccc(-c2cccc(F)c2)cc1)C1CCCN1C1CCOCC1. The Kier molecular flexibility index (Phi) is 5.50. The molecule has 0 saturated carbocycles. The van der Waals surface area contributed by atoms with Crippen molar-refractivity contribution in [3.8, 4) is 11.1 Å². The maximum atomic E-state index is 13.4. The quantitative estimate of drug-likeness (QED) is 0.884. The summed E-state index contributed by atoms with van der Waals surface area (Å²) >= 11 is 0. The molecule has 0 spiro atoms. The van der Waals surface area contributed by atoms with Crippen LogP contribution in [0.5, 0.6) is 0 Å². The van der Waals surface area contributed by atoms with E-state index in [0.717, 1.165) is 62.3 Å². The third-order valence-electron chi connectivity index (χ3n) is 5.57. The van der Waals surface area contributed by atoms with E-state index in [2.05, 4.69) is 10.2 Å². The van der Waals surface area contributed by atoms with Gasteiger partial charge in [-0.2, -0.15) is 0 Å². The second-order valence-corrected chi connectivity index (χ2v) is 7.32. The van der Waals surface area contributed by atoms with E-state index in [4.69, 9.17) is 4.74 Å². The summed E-state index contributed by atoms with van der Waals surface area (Å²) in [5.74, 6) is -0.184. The minimum atomic E-state index is -0.251. The minimum absolute atomic E-state index is 0.0593. The van der Waals surface area contributed by atoms with E-state index in [-0.39, 0.29) is 17.8 Å². The lowest BCUT2D eigenvalue weighted by molar-refractivity contribution is -0.121. The topological polar surface area (TPSA) is 41.6 Å². The minimum Gasteiger partial charge on any atom is -0.381 e. The number of hydrogen-bond donors (Lipinski definition) is 1. The molecule has 1 N–H and O–H groups in total. The Labute approximate surface area is 159 Å². The van der Waals surface area contributed by atoms with E-state index >= 15 is 0 Å². The van der Waals surface area contributed by atoms with Crippen LogP contribution in [-0.4, -0.2) is 42.6 Å². The van der Waals surface area contributed by atoms with Crippen LogP contribution in [-0.2, 0) is 9.53 Å². The molecule has 0 aromatic heterocycles. The Bertz CT molecular complexity index is 787. The van der Waals surface area contributed by atoms with Crippen LogP contribution in [0.1, 0.15) is 25.7 Å². The smallest absolute Gasteiger partial charge is 0.241 e. The number of carbonyl (C=O) groups is 1. The van der Waals surface area contributed by atoms with Crippen molar-refractivity contribution in [1.82, 2.24) is 4.90 Å². The first-order valence-electron chi connectivity index (χ1n) is 9.71. The molecular formula is C22H25FN2O2. The lowest BCUT2D eigenvalue weighted by Gasteiger charge is -2.34. The van der Waals surface area contributed by atoms with Crippen LogP contribution in [0.3, 0.4) is 0 Å². The van der Waals surface area contributed by atoms with Gasteiger partial charge in [-0.3, -0.25) is 9.69 Å². The summed E-state index contributed by atoms with van der Waals surface area (Å²) in [4.78, 5) is 15.2. The molecule has 0 radical (unpaired) electrons. The summed E-state index contributed by atoms with van der Waals surface area (Å²) in [5.41, 5.74) is 2.53. The van der Waals surface area contributed by atoms with E-state index in [1.807, 2.05) is 30.3 Å². The Morgan fingerprint density at radius 3 is 2.56 bits per heavy atom. The highest BCUT2D eigenvalue weighted by atomic mass is 19.1. The lowest BCUT2D eigenvalue weighted by Crippen LogP contribution is -2.47. The number of benzene rings is 2. The van der Waals surface area contributed by atoms with Crippen molar-refractivity contribution < 1.29 is 13.9 Å². The fraction of sp³-hybridized carbons (Fsp3) is 0.409. The normalized spacial score (nSPS) is 21.3. The lowest BCUT2D eigenvalue weighted by atomic mass is 10.0. The van der Waals surface area contributed by atoms with E-state index < -0.39 is 0 Å². The van der Waals surface area contributed by atoms with Gasteiger partial charge in [-0.25, -0.2) is 4.39 Å². The molecule has 2 aromatic rings. The summed E-state index contributed by atoms with van der Waals surface area (Å²) < 4.78 is 18.9. The van der Waals surface area contributed by atoms with Crippen LogP contribution in [0, 0.1) is 5.82 Å². The van der Waals surface area contributed by atoms with Crippen molar-refractivity contribution in [3.05, 3.63) is 54.3 Å². The van der Waals surface area contributed by atoms with Gasteiger partial charge in [0.25, 0.3) is 0 Å². The van der Waals surface area contributed by atoms with E-state index in [1.54, 1.807) is 6.07 Å². The third-order valence-corrected chi connectivity index (χ3v) is 5.57. The second-order valence-electron chi connectivity index (χ2n) is 7.32. The van der Waals surface area contributed by atoms with Gasteiger partial charge in [0.1, 0.15) is 5.82 Å². The zero-order valence-electron chi connectivity index (χ0n) is 15.4. The molecule has 2 saturated heterocycles. The number of rotatable bonds is 4. The molecule has 2 heterocycles. The molecule has 2 fully saturated rings. The van der Waals surface area contributed by atoms with Gasteiger partial charge in [-0.05, 0) is 67.6 Å². The maximum Gasteiger partial charge on any atom is 0.241 e. The van der Waals surface area contributed by atoms with Gasteiger partial charge in [-0.15, -0.1) is 0 Å². The molecule has 4 nitrogen and oxygen atoms in total. The van der Waals surface area contributed by atoms with Gasteiger partial charge in [0.05, 0.1) is 6.04 Å². The number of hydrogen-bond acceptors (Lipinski definition) is 3. The van der Waals surface area contributed by atoms with Crippen molar-refractivity contribution in [1.29, 1.82) is 0 Å². The van der Waals surface area contributed by atoms with Gasteiger partial charge in [0, 0.05) is 24.9 Å². The molecular weight excluding hydrogens is 343 g/mol. The van der Waals surface area contributed by atoms with Crippen LogP contribution < -0.4 is 5.32 Å². The van der Waals surface area contributed by atoms with Crippen LogP contribution in [0.2, 0.25) is 0 Å². The Hall–Kier alpha value is -2.24. The van der Waals surface area contributed by atoms with Gasteiger partial charge < -0.3 is 10.1 Å². The fourth-order valence-electron chi connectivity index (χ4n) is 4.16.